The van der Waals surface area contributed by atoms with Gasteiger partial charge >= 0.3 is 5.97 Å². The number of allylic oxidation sites excluding steroid dienone is 1. The predicted molar refractivity (Wildman–Crippen MR) is 66.3 cm³/mol. The number of carboxylic acids is 1. The molecule has 17 heavy (non-hydrogen) atoms. The smallest absolute Gasteiger partial charge is 0.303 e. The van der Waals surface area contributed by atoms with Crippen LogP contribution in [0.5, 0.6) is 0 Å². The standard InChI is InChI=1S/C14H15NO2/c15-11-2-1-4-12-7-9-13(10-8-12)5-3-6-14(16)17/h1,4,7-10H,2-3,5-6H2,(H,16,17). The molecule has 0 aromatic heterocycles. The van der Waals surface area contributed by atoms with E-state index in [1.165, 1.54) is 0 Å². The minimum atomic E-state index is -0.749. The molecule has 0 heterocycles. The molecule has 0 radical (unpaired) electrons. The van der Waals surface area contributed by atoms with Gasteiger partial charge in [-0.2, -0.15) is 5.26 Å². The second kappa shape index (κ2) is 7.24. The van der Waals surface area contributed by atoms with Crippen LogP contribution in [0.1, 0.15) is 30.4 Å². The average molecular weight is 229 g/mol. The zero-order chi connectivity index (χ0) is 12.5. The molecule has 3 heteroatoms. The van der Waals surface area contributed by atoms with E-state index in [0.717, 1.165) is 17.5 Å². The molecule has 0 spiro atoms. The van der Waals surface area contributed by atoms with Crippen LogP contribution in [0.4, 0.5) is 0 Å². The van der Waals surface area contributed by atoms with Gasteiger partial charge in [0.2, 0.25) is 0 Å². The van der Waals surface area contributed by atoms with Gasteiger partial charge in [0.25, 0.3) is 0 Å². The predicted octanol–water partition coefficient (Wildman–Crippen LogP) is 3.02. The van der Waals surface area contributed by atoms with E-state index in [1.807, 2.05) is 42.5 Å². The summed E-state index contributed by atoms with van der Waals surface area (Å²) in [5, 5.41) is 16.9. The molecular weight excluding hydrogens is 214 g/mol. The monoisotopic (exact) mass is 229 g/mol. The molecule has 88 valence electrons. The van der Waals surface area contributed by atoms with Crippen molar-refractivity contribution in [3.8, 4) is 6.07 Å². The SMILES string of the molecule is N#CCC=Cc1ccc(CCCC(=O)O)cc1. The van der Waals surface area contributed by atoms with Gasteiger partial charge in [0, 0.05) is 6.42 Å². The molecule has 0 fully saturated rings. The lowest BCUT2D eigenvalue weighted by Crippen LogP contribution is -1.95. The third-order valence-corrected chi connectivity index (χ3v) is 2.36. The van der Waals surface area contributed by atoms with Crippen molar-refractivity contribution >= 4 is 12.0 Å². The fraction of sp³-hybridized carbons (Fsp3) is 0.286. The van der Waals surface area contributed by atoms with Gasteiger partial charge in [-0.25, -0.2) is 0 Å². The van der Waals surface area contributed by atoms with Crippen LogP contribution in [0, 0.1) is 11.3 Å². The lowest BCUT2D eigenvalue weighted by atomic mass is 10.1. The maximum atomic E-state index is 10.4. The maximum Gasteiger partial charge on any atom is 0.303 e. The zero-order valence-corrected chi connectivity index (χ0v) is 9.60. The molecule has 0 amide bonds. The highest BCUT2D eigenvalue weighted by molar-refractivity contribution is 5.66. The fourth-order valence-corrected chi connectivity index (χ4v) is 1.49. The van der Waals surface area contributed by atoms with Crippen molar-refractivity contribution in [2.24, 2.45) is 0 Å². The molecular formula is C14H15NO2. The summed E-state index contributed by atoms with van der Waals surface area (Å²) in [7, 11) is 0. The third-order valence-electron chi connectivity index (χ3n) is 2.36. The van der Waals surface area contributed by atoms with E-state index in [-0.39, 0.29) is 6.42 Å². The molecule has 3 nitrogen and oxygen atoms in total. The Hall–Kier alpha value is -2.08. The quantitative estimate of drug-likeness (QED) is 0.815. The molecule has 1 aromatic rings. The van der Waals surface area contributed by atoms with Crippen molar-refractivity contribution in [3.63, 3.8) is 0 Å². The fourth-order valence-electron chi connectivity index (χ4n) is 1.49. The van der Waals surface area contributed by atoms with Crippen LogP contribution >= 0.6 is 0 Å². The van der Waals surface area contributed by atoms with E-state index < -0.39 is 5.97 Å². The van der Waals surface area contributed by atoms with E-state index in [0.29, 0.717) is 12.8 Å². The Morgan fingerprint density at radius 1 is 1.35 bits per heavy atom. The summed E-state index contributed by atoms with van der Waals surface area (Å²) in [5.74, 6) is -0.749. The number of rotatable bonds is 6. The van der Waals surface area contributed by atoms with Crippen LogP contribution in [0.15, 0.2) is 30.3 Å². The molecule has 0 aliphatic carbocycles. The lowest BCUT2D eigenvalue weighted by Gasteiger charge is -2.00. The summed E-state index contributed by atoms with van der Waals surface area (Å²) in [6.45, 7) is 0. The Bertz CT molecular complexity index is 427. The highest BCUT2D eigenvalue weighted by atomic mass is 16.4. The molecule has 1 aromatic carbocycles. The van der Waals surface area contributed by atoms with Gasteiger partial charge < -0.3 is 5.11 Å². The summed E-state index contributed by atoms with van der Waals surface area (Å²) >= 11 is 0. The number of nitrogens with zero attached hydrogens (tertiary/aromatic N) is 1. The minimum absolute atomic E-state index is 0.212. The molecule has 0 atom stereocenters. The van der Waals surface area contributed by atoms with E-state index in [9.17, 15) is 4.79 Å². The van der Waals surface area contributed by atoms with Crippen molar-refractivity contribution in [3.05, 3.63) is 41.5 Å². The van der Waals surface area contributed by atoms with Gasteiger partial charge in [0.15, 0.2) is 0 Å². The van der Waals surface area contributed by atoms with Gasteiger partial charge in [0.05, 0.1) is 12.5 Å². The van der Waals surface area contributed by atoms with Crippen LogP contribution in [0.3, 0.4) is 0 Å². The highest BCUT2D eigenvalue weighted by Crippen LogP contribution is 2.09. The van der Waals surface area contributed by atoms with Gasteiger partial charge in [-0.1, -0.05) is 36.4 Å². The van der Waals surface area contributed by atoms with Crippen LogP contribution in [0.2, 0.25) is 0 Å². The van der Waals surface area contributed by atoms with Crippen molar-refractivity contribution in [1.29, 1.82) is 5.26 Å². The molecule has 1 rings (SSSR count). The number of aryl methyl sites for hydroxylation is 1. The number of aliphatic carboxylic acids is 1. The summed E-state index contributed by atoms with van der Waals surface area (Å²) < 4.78 is 0. The Morgan fingerprint density at radius 3 is 2.65 bits per heavy atom. The second-order valence-corrected chi connectivity index (χ2v) is 3.75. The highest BCUT2D eigenvalue weighted by Gasteiger charge is 1.98. The summed E-state index contributed by atoms with van der Waals surface area (Å²) in [6.07, 6.45) is 5.81. The van der Waals surface area contributed by atoms with Gasteiger partial charge in [-0.3, -0.25) is 4.79 Å². The molecule has 0 bridgehead atoms. The Kier molecular flexibility index (Phi) is 5.53. The topological polar surface area (TPSA) is 61.1 Å². The molecule has 1 N–H and O–H groups in total. The summed E-state index contributed by atoms with van der Waals surface area (Å²) in [5.41, 5.74) is 2.20. The average Bonchev–Trinajstić information content (AvgIpc) is 2.31. The van der Waals surface area contributed by atoms with E-state index in [1.54, 1.807) is 0 Å². The van der Waals surface area contributed by atoms with Crippen molar-refractivity contribution < 1.29 is 9.90 Å². The first-order valence-electron chi connectivity index (χ1n) is 5.56. The molecule has 0 unspecified atom stereocenters. The first-order valence-corrected chi connectivity index (χ1v) is 5.56. The van der Waals surface area contributed by atoms with Crippen LogP contribution in [0.25, 0.3) is 6.08 Å². The van der Waals surface area contributed by atoms with E-state index in [4.69, 9.17) is 10.4 Å². The van der Waals surface area contributed by atoms with Crippen LogP contribution in [-0.4, -0.2) is 11.1 Å². The van der Waals surface area contributed by atoms with Crippen molar-refractivity contribution in [1.82, 2.24) is 0 Å². The first kappa shape index (κ1) is 13.0. The molecule has 0 aliphatic rings. The van der Waals surface area contributed by atoms with Gasteiger partial charge in [0.1, 0.15) is 0 Å². The summed E-state index contributed by atoms with van der Waals surface area (Å²) in [4.78, 5) is 10.4. The first-order chi connectivity index (χ1) is 8.22. The zero-order valence-electron chi connectivity index (χ0n) is 9.60. The number of benzene rings is 1. The molecule has 0 saturated heterocycles. The van der Waals surface area contributed by atoms with E-state index in [2.05, 4.69) is 0 Å². The van der Waals surface area contributed by atoms with Crippen molar-refractivity contribution in [2.45, 2.75) is 25.7 Å². The minimum Gasteiger partial charge on any atom is -0.481 e. The molecule has 0 aliphatic heterocycles. The summed E-state index contributed by atoms with van der Waals surface area (Å²) in [6, 6.07) is 9.99. The Labute approximate surface area is 101 Å². The third kappa shape index (κ3) is 5.53. The van der Waals surface area contributed by atoms with Crippen LogP contribution in [-0.2, 0) is 11.2 Å². The van der Waals surface area contributed by atoms with Crippen molar-refractivity contribution in [2.75, 3.05) is 0 Å². The lowest BCUT2D eigenvalue weighted by molar-refractivity contribution is -0.137. The molecule has 0 saturated carbocycles. The Morgan fingerprint density at radius 2 is 2.06 bits per heavy atom. The number of carbonyl (C=O) groups is 1. The Balaban J connectivity index is 2.45. The normalized spacial score (nSPS) is 10.3. The maximum absolute atomic E-state index is 10.4. The second-order valence-electron chi connectivity index (χ2n) is 3.75. The largest absolute Gasteiger partial charge is 0.481 e. The van der Waals surface area contributed by atoms with Gasteiger partial charge in [-0.05, 0) is 24.0 Å². The number of nitriles is 1. The van der Waals surface area contributed by atoms with E-state index >= 15 is 0 Å². The van der Waals surface area contributed by atoms with Gasteiger partial charge in [-0.15, -0.1) is 0 Å². The number of carboxylic acid groups (broad SMARTS) is 1. The number of hydrogen-bond acceptors (Lipinski definition) is 2. The van der Waals surface area contributed by atoms with Crippen LogP contribution < -0.4 is 0 Å². The number of hydrogen-bond donors (Lipinski definition) is 1.